The summed E-state index contributed by atoms with van der Waals surface area (Å²) in [5.74, 6) is -0.235. The number of imide groups is 1. The molecule has 1 aliphatic rings. The van der Waals surface area contributed by atoms with Crippen molar-refractivity contribution >= 4 is 34.2 Å². The van der Waals surface area contributed by atoms with Crippen molar-refractivity contribution in [2.24, 2.45) is 5.73 Å². The number of amides is 4. The Labute approximate surface area is 154 Å². The largest absolute Gasteiger partial charge is 0.494 e. The van der Waals surface area contributed by atoms with Crippen LogP contribution >= 0.6 is 11.3 Å². The van der Waals surface area contributed by atoms with Gasteiger partial charge in [0.15, 0.2) is 0 Å². The molecule has 3 rings (SSSR count). The summed E-state index contributed by atoms with van der Waals surface area (Å²) >= 11 is 1.37. The molecule has 0 unspecified atom stereocenters. The van der Waals surface area contributed by atoms with Crippen LogP contribution in [0.1, 0.15) is 44.5 Å². The van der Waals surface area contributed by atoms with E-state index in [-0.39, 0.29) is 5.91 Å². The van der Waals surface area contributed by atoms with Crippen molar-refractivity contribution in [3.05, 3.63) is 45.8 Å². The molecule has 4 amide bonds. The third-order valence-corrected chi connectivity index (χ3v) is 5.25. The molecule has 136 valence electrons. The molecule has 0 spiro atoms. The number of fused-ring (bicyclic) bond motifs is 1. The van der Waals surface area contributed by atoms with Crippen molar-refractivity contribution in [3.63, 3.8) is 0 Å². The van der Waals surface area contributed by atoms with Crippen LogP contribution in [-0.4, -0.2) is 24.5 Å². The van der Waals surface area contributed by atoms with Gasteiger partial charge in [0, 0.05) is 10.4 Å². The molecule has 8 heteroatoms. The summed E-state index contributed by atoms with van der Waals surface area (Å²) in [4.78, 5) is 37.0. The fourth-order valence-electron chi connectivity index (χ4n) is 2.95. The van der Waals surface area contributed by atoms with Gasteiger partial charge in [0.1, 0.15) is 10.8 Å². The number of benzene rings is 1. The molecular formula is C18H19N3O4S. The maximum Gasteiger partial charge on any atom is 0.319 e. The zero-order valence-electron chi connectivity index (χ0n) is 14.3. The molecule has 2 aromatic rings. The van der Waals surface area contributed by atoms with Gasteiger partial charge in [0.25, 0.3) is 11.8 Å². The van der Waals surface area contributed by atoms with E-state index in [0.29, 0.717) is 28.5 Å². The van der Waals surface area contributed by atoms with E-state index in [1.54, 1.807) is 24.3 Å². The molecule has 1 aromatic carbocycles. The van der Waals surface area contributed by atoms with E-state index in [2.05, 4.69) is 10.6 Å². The topological polar surface area (TPSA) is 111 Å². The van der Waals surface area contributed by atoms with Crippen molar-refractivity contribution < 1.29 is 19.1 Å². The molecule has 0 saturated heterocycles. The van der Waals surface area contributed by atoms with Gasteiger partial charge < -0.3 is 15.8 Å². The first kappa shape index (κ1) is 17.9. The van der Waals surface area contributed by atoms with E-state index in [4.69, 9.17) is 10.5 Å². The maximum absolute atomic E-state index is 12.5. The number of ether oxygens (including phenoxy) is 1. The normalized spacial score (nSPS) is 12.3. The van der Waals surface area contributed by atoms with Crippen molar-refractivity contribution in [1.82, 2.24) is 5.32 Å². The van der Waals surface area contributed by atoms with Crippen LogP contribution in [0.3, 0.4) is 0 Å². The van der Waals surface area contributed by atoms with Crippen LogP contribution in [0.2, 0.25) is 0 Å². The van der Waals surface area contributed by atoms with E-state index in [9.17, 15) is 14.4 Å². The smallest absolute Gasteiger partial charge is 0.319 e. The molecule has 1 aromatic heterocycles. The lowest BCUT2D eigenvalue weighted by Gasteiger charge is -2.08. The van der Waals surface area contributed by atoms with Crippen LogP contribution < -0.4 is 21.1 Å². The highest BCUT2D eigenvalue weighted by molar-refractivity contribution is 7.17. The Hall–Kier alpha value is -2.87. The lowest BCUT2D eigenvalue weighted by atomic mass is 10.1. The molecule has 0 bridgehead atoms. The Morgan fingerprint density at radius 1 is 1.15 bits per heavy atom. The van der Waals surface area contributed by atoms with Crippen LogP contribution in [0.15, 0.2) is 24.3 Å². The second-order valence-electron chi connectivity index (χ2n) is 5.79. The summed E-state index contributed by atoms with van der Waals surface area (Å²) in [6.07, 6.45) is 2.55. The Morgan fingerprint density at radius 2 is 1.88 bits per heavy atom. The number of rotatable bonds is 5. The van der Waals surface area contributed by atoms with Crippen molar-refractivity contribution in [1.29, 1.82) is 0 Å². The Kier molecular flexibility index (Phi) is 5.22. The van der Waals surface area contributed by atoms with Gasteiger partial charge in [-0.05, 0) is 56.0 Å². The SMILES string of the molecule is CCOc1ccc(C(=O)Nc2sc3c(c2C(=O)NC(N)=O)CCC3)cc1. The first-order chi connectivity index (χ1) is 12.5. The predicted octanol–water partition coefficient (Wildman–Crippen LogP) is 2.70. The van der Waals surface area contributed by atoms with Gasteiger partial charge in [0.05, 0.1) is 12.2 Å². The number of hydrogen-bond donors (Lipinski definition) is 3. The van der Waals surface area contributed by atoms with Crippen molar-refractivity contribution in [3.8, 4) is 5.75 Å². The van der Waals surface area contributed by atoms with E-state index < -0.39 is 11.9 Å². The average molecular weight is 373 g/mol. The van der Waals surface area contributed by atoms with Crippen LogP contribution in [0.4, 0.5) is 9.80 Å². The number of thiophene rings is 1. The predicted molar refractivity (Wildman–Crippen MR) is 99.0 cm³/mol. The second-order valence-corrected chi connectivity index (χ2v) is 6.90. The highest BCUT2D eigenvalue weighted by Gasteiger charge is 2.28. The van der Waals surface area contributed by atoms with E-state index in [1.807, 2.05) is 6.92 Å². The third kappa shape index (κ3) is 3.70. The number of primary amides is 1. The fourth-order valence-corrected chi connectivity index (χ4v) is 4.23. The molecular weight excluding hydrogens is 354 g/mol. The average Bonchev–Trinajstić information content (AvgIpc) is 3.15. The number of aryl methyl sites for hydroxylation is 1. The number of carbonyl (C=O) groups is 3. The lowest BCUT2D eigenvalue weighted by molar-refractivity contribution is 0.0966. The molecule has 0 fully saturated rings. The highest BCUT2D eigenvalue weighted by Crippen LogP contribution is 2.39. The summed E-state index contributed by atoms with van der Waals surface area (Å²) in [5.41, 5.74) is 6.73. The first-order valence-electron chi connectivity index (χ1n) is 8.29. The molecule has 0 saturated carbocycles. The van der Waals surface area contributed by atoms with E-state index in [0.717, 1.165) is 29.7 Å². The molecule has 1 aliphatic carbocycles. The summed E-state index contributed by atoms with van der Waals surface area (Å²) in [6, 6.07) is 5.83. The molecule has 26 heavy (non-hydrogen) atoms. The second kappa shape index (κ2) is 7.57. The van der Waals surface area contributed by atoms with Crippen molar-refractivity contribution in [2.75, 3.05) is 11.9 Å². The van der Waals surface area contributed by atoms with Crippen LogP contribution in [0.25, 0.3) is 0 Å². The highest BCUT2D eigenvalue weighted by atomic mass is 32.1. The number of urea groups is 1. The van der Waals surface area contributed by atoms with Gasteiger partial charge in [-0.15, -0.1) is 11.3 Å². The summed E-state index contributed by atoms with van der Waals surface area (Å²) in [7, 11) is 0. The molecule has 0 radical (unpaired) electrons. The van der Waals surface area contributed by atoms with Crippen LogP contribution in [-0.2, 0) is 12.8 Å². The molecule has 1 heterocycles. The molecule has 7 nitrogen and oxygen atoms in total. The number of nitrogens with one attached hydrogen (secondary N) is 2. The van der Waals surface area contributed by atoms with E-state index >= 15 is 0 Å². The standard InChI is InChI=1S/C18H19N3O4S/c1-2-25-11-8-6-10(7-9-11)15(22)20-17-14(16(23)21-18(19)24)12-4-3-5-13(12)26-17/h6-9H,2-5H2,1H3,(H,20,22)(H3,19,21,23,24). The summed E-state index contributed by atoms with van der Waals surface area (Å²) in [5, 5.41) is 5.31. The number of anilines is 1. The van der Waals surface area contributed by atoms with E-state index in [1.165, 1.54) is 11.3 Å². The maximum atomic E-state index is 12.5. The minimum absolute atomic E-state index is 0.332. The van der Waals surface area contributed by atoms with Gasteiger partial charge >= 0.3 is 6.03 Å². The quantitative estimate of drug-likeness (QED) is 0.748. The van der Waals surface area contributed by atoms with Gasteiger partial charge in [-0.1, -0.05) is 0 Å². The zero-order valence-corrected chi connectivity index (χ0v) is 15.1. The minimum Gasteiger partial charge on any atom is -0.494 e. The molecule has 0 aliphatic heterocycles. The minimum atomic E-state index is -0.920. The van der Waals surface area contributed by atoms with Gasteiger partial charge in [-0.3, -0.25) is 14.9 Å². The third-order valence-electron chi connectivity index (χ3n) is 4.04. The van der Waals surface area contributed by atoms with Crippen LogP contribution in [0, 0.1) is 0 Å². The molecule has 0 atom stereocenters. The Morgan fingerprint density at radius 3 is 2.54 bits per heavy atom. The van der Waals surface area contributed by atoms with Crippen molar-refractivity contribution in [2.45, 2.75) is 26.2 Å². The number of nitrogens with two attached hydrogens (primary N) is 1. The zero-order chi connectivity index (χ0) is 18.7. The van der Waals surface area contributed by atoms with Gasteiger partial charge in [-0.25, -0.2) is 4.79 Å². The Bertz CT molecular complexity index is 858. The summed E-state index contributed by atoms with van der Waals surface area (Å²) < 4.78 is 5.36. The number of carbonyl (C=O) groups excluding carboxylic acids is 3. The van der Waals surface area contributed by atoms with Gasteiger partial charge in [-0.2, -0.15) is 0 Å². The molecule has 4 N–H and O–H groups in total. The number of hydrogen-bond acceptors (Lipinski definition) is 5. The Balaban J connectivity index is 1.84. The summed E-state index contributed by atoms with van der Waals surface area (Å²) in [6.45, 7) is 2.43. The first-order valence-corrected chi connectivity index (χ1v) is 9.10. The van der Waals surface area contributed by atoms with Gasteiger partial charge in [0.2, 0.25) is 0 Å². The monoisotopic (exact) mass is 373 g/mol. The van der Waals surface area contributed by atoms with Crippen LogP contribution in [0.5, 0.6) is 5.75 Å². The fraction of sp³-hybridized carbons (Fsp3) is 0.278. The lowest BCUT2D eigenvalue weighted by Crippen LogP contribution is -2.35.